The SMILES string of the molecule is O=S1(=O)CC(NCc2ccco2)C(S(=O)(=O)c2cccs2)C1. The summed E-state index contributed by atoms with van der Waals surface area (Å²) in [5.74, 6) is 0.114. The highest BCUT2D eigenvalue weighted by atomic mass is 32.2. The van der Waals surface area contributed by atoms with Crippen molar-refractivity contribution in [1.29, 1.82) is 0 Å². The molecule has 2 aromatic heterocycles. The minimum Gasteiger partial charge on any atom is -0.468 e. The third kappa shape index (κ3) is 3.12. The molecule has 1 aliphatic rings. The molecule has 0 aliphatic carbocycles. The second-order valence-corrected chi connectivity index (χ2v) is 10.7. The second kappa shape index (κ2) is 5.80. The van der Waals surface area contributed by atoms with Gasteiger partial charge in [0.25, 0.3) is 0 Å². The van der Waals surface area contributed by atoms with Crippen LogP contribution in [0, 0.1) is 0 Å². The van der Waals surface area contributed by atoms with Gasteiger partial charge in [-0.15, -0.1) is 11.3 Å². The molecule has 3 rings (SSSR count). The van der Waals surface area contributed by atoms with Gasteiger partial charge in [0.1, 0.15) is 9.97 Å². The van der Waals surface area contributed by atoms with E-state index in [2.05, 4.69) is 5.32 Å². The summed E-state index contributed by atoms with van der Waals surface area (Å²) in [5.41, 5.74) is 0. The minimum atomic E-state index is -3.66. The lowest BCUT2D eigenvalue weighted by molar-refractivity contribution is 0.454. The minimum absolute atomic E-state index is 0.178. The average molecular weight is 361 g/mol. The lowest BCUT2D eigenvalue weighted by Crippen LogP contribution is -2.42. The fourth-order valence-electron chi connectivity index (χ4n) is 2.53. The highest BCUT2D eigenvalue weighted by Gasteiger charge is 2.46. The van der Waals surface area contributed by atoms with Gasteiger partial charge in [-0.25, -0.2) is 16.8 Å². The molecule has 22 heavy (non-hydrogen) atoms. The lowest BCUT2D eigenvalue weighted by Gasteiger charge is -2.18. The average Bonchev–Trinajstić information content (AvgIpc) is 3.17. The van der Waals surface area contributed by atoms with Crippen molar-refractivity contribution in [1.82, 2.24) is 5.32 Å². The second-order valence-electron chi connectivity index (χ2n) is 5.16. The fourth-order valence-corrected chi connectivity index (χ4v) is 8.47. The van der Waals surface area contributed by atoms with E-state index in [9.17, 15) is 16.8 Å². The molecule has 2 atom stereocenters. The molecule has 2 unspecified atom stereocenters. The quantitative estimate of drug-likeness (QED) is 0.856. The Morgan fingerprint density at radius 1 is 1.27 bits per heavy atom. The first-order valence-corrected chi connectivity index (χ1v) is 10.9. The number of furan rings is 1. The summed E-state index contributed by atoms with van der Waals surface area (Å²) in [6.07, 6.45) is 1.52. The van der Waals surface area contributed by atoms with Crippen molar-refractivity contribution in [2.24, 2.45) is 0 Å². The maximum Gasteiger partial charge on any atom is 0.193 e. The number of hydrogen-bond acceptors (Lipinski definition) is 7. The van der Waals surface area contributed by atoms with E-state index in [1.807, 2.05) is 0 Å². The van der Waals surface area contributed by atoms with Crippen molar-refractivity contribution in [3.8, 4) is 0 Å². The maximum atomic E-state index is 12.6. The molecule has 0 radical (unpaired) electrons. The smallest absolute Gasteiger partial charge is 0.193 e. The standard InChI is InChI=1S/C13H15NO5S3/c15-21(16)8-11(14-7-10-3-1-5-19-10)12(9-21)22(17,18)13-4-2-6-20-13/h1-6,11-12,14H,7-9H2. The first kappa shape index (κ1) is 15.7. The van der Waals surface area contributed by atoms with Gasteiger partial charge < -0.3 is 9.73 Å². The monoisotopic (exact) mass is 361 g/mol. The zero-order valence-electron chi connectivity index (χ0n) is 11.5. The van der Waals surface area contributed by atoms with Crippen LogP contribution < -0.4 is 5.32 Å². The van der Waals surface area contributed by atoms with Crippen LogP contribution in [0.15, 0.2) is 44.5 Å². The van der Waals surface area contributed by atoms with Crippen molar-refractivity contribution in [3.05, 3.63) is 41.7 Å². The van der Waals surface area contributed by atoms with E-state index in [4.69, 9.17) is 4.42 Å². The van der Waals surface area contributed by atoms with Gasteiger partial charge in [-0.05, 0) is 23.6 Å². The maximum absolute atomic E-state index is 12.6. The molecule has 1 N–H and O–H groups in total. The van der Waals surface area contributed by atoms with E-state index in [0.717, 1.165) is 11.3 Å². The summed E-state index contributed by atoms with van der Waals surface area (Å²) >= 11 is 1.11. The molecular formula is C13H15NO5S3. The summed E-state index contributed by atoms with van der Waals surface area (Å²) in [7, 11) is -7.04. The summed E-state index contributed by atoms with van der Waals surface area (Å²) in [5, 5.41) is 3.71. The Labute approximate surface area is 133 Å². The van der Waals surface area contributed by atoms with E-state index >= 15 is 0 Å². The van der Waals surface area contributed by atoms with Crippen molar-refractivity contribution in [2.75, 3.05) is 11.5 Å². The predicted molar refractivity (Wildman–Crippen MR) is 83.3 cm³/mol. The number of sulfone groups is 2. The van der Waals surface area contributed by atoms with Crippen LogP contribution >= 0.6 is 11.3 Å². The summed E-state index contributed by atoms with van der Waals surface area (Å²) in [6, 6.07) is 5.99. The van der Waals surface area contributed by atoms with Gasteiger partial charge in [0.05, 0.1) is 29.6 Å². The fraction of sp³-hybridized carbons (Fsp3) is 0.385. The predicted octanol–water partition coefficient (Wildman–Crippen LogP) is 1.07. The van der Waals surface area contributed by atoms with Crippen molar-refractivity contribution >= 4 is 31.0 Å². The van der Waals surface area contributed by atoms with E-state index < -0.39 is 31.0 Å². The van der Waals surface area contributed by atoms with Gasteiger partial charge in [-0.2, -0.15) is 0 Å². The Balaban J connectivity index is 1.84. The van der Waals surface area contributed by atoms with Gasteiger partial charge in [-0.3, -0.25) is 0 Å². The molecule has 0 spiro atoms. The number of rotatable bonds is 5. The van der Waals surface area contributed by atoms with Crippen LogP contribution in [-0.4, -0.2) is 39.6 Å². The number of hydrogen-bond donors (Lipinski definition) is 1. The molecule has 2 aromatic rings. The Morgan fingerprint density at radius 3 is 2.73 bits per heavy atom. The molecule has 1 aliphatic heterocycles. The molecule has 0 aromatic carbocycles. The van der Waals surface area contributed by atoms with Gasteiger partial charge in [0, 0.05) is 6.04 Å². The third-order valence-corrected chi connectivity index (χ3v) is 9.17. The molecule has 1 saturated heterocycles. The highest BCUT2D eigenvalue weighted by Crippen LogP contribution is 2.28. The van der Waals surface area contributed by atoms with Gasteiger partial charge in [0.15, 0.2) is 19.7 Å². The first-order valence-electron chi connectivity index (χ1n) is 6.62. The molecule has 120 valence electrons. The Kier molecular flexibility index (Phi) is 4.15. The lowest BCUT2D eigenvalue weighted by atomic mass is 10.2. The van der Waals surface area contributed by atoms with Gasteiger partial charge >= 0.3 is 0 Å². The van der Waals surface area contributed by atoms with Crippen molar-refractivity contribution in [2.45, 2.75) is 22.0 Å². The van der Waals surface area contributed by atoms with Crippen LogP contribution in [-0.2, 0) is 26.2 Å². The zero-order valence-corrected chi connectivity index (χ0v) is 14.0. The third-order valence-electron chi connectivity index (χ3n) is 3.59. The van der Waals surface area contributed by atoms with E-state index in [1.54, 1.807) is 23.6 Å². The molecule has 3 heterocycles. The van der Waals surface area contributed by atoms with Crippen LogP contribution in [0.1, 0.15) is 5.76 Å². The Bertz CT molecular complexity index is 822. The largest absolute Gasteiger partial charge is 0.468 e. The number of nitrogens with one attached hydrogen (secondary N) is 1. The van der Waals surface area contributed by atoms with Crippen LogP contribution in [0.5, 0.6) is 0 Å². The van der Waals surface area contributed by atoms with Gasteiger partial charge in [-0.1, -0.05) is 6.07 Å². The van der Waals surface area contributed by atoms with E-state index in [-0.39, 0.29) is 15.7 Å². The Morgan fingerprint density at radius 2 is 2.09 bits per heavy atom. The van der Waals surface area contributed by atoms with Crippen LogP contribution in [0.2, 0.25) is 0 Å². The van der Waals surface area contributed by atoms with Gasteiger partial charge in [0.2, 0.25) is 0 Å². The van der Waals surface area contributed by atoms with Crippen LogP contribution in [0.25, 0.3) is 0 Å². The summed E-state index contributed by atoms with van der Waals surface area (Å²) in [6.45, 7) is 0.295. The molecule has 9 heteroatoms. The summed E-state index contributed by atoms with van der Waals surface area (Å²) < 4.78 is 54.5. The molecule has 0 amide bonds. The molecule has 0 saturated carbocycles. The zero-order chi connectivity index (χ0) is 15.8. The first-order chi connectivity index (χ1) is 10.4. The molecule has 1 fully saturated rings. The molecule has 6 nitrogen and oxygen atoms in total. The topological polar surface area (TPSA) is 93.4 Å². The van der Waals surface area contributed by atoms with Crippen molar-refractivity contribution < 1.29 is 21.3 Å². The summed E-state index contributed by atoms with van der Waals surface area (Å²) in [4.78, 5) is 0. The van der Waals surface area contributed by atoms with Crippen LogP contribution in [0.3, 0.4) is 0 Å². The molecule has 0 bridgehead atoms. The Hall–Kier alpha value is -1.16. The van der Waals surface area contributed by atoms with Crippen LogP contribution in [0.4, 0.5) is 0 Å². The number of thiophene rings is 1. The van der Waals surface area contributed by atoms with Crippen molar-refractivity contribution in [3.63, 3.8) is 0 Å². The van der Waals surface area contributed by atoms with E-state index in [1.165, 1.54) is 12.3 Å². The normalized spacial score (nSPS) is 24.5. The van der Waals surface area contributed by atoms with E-state index in [0.29, 0.717) is 12.3 Å². The highest BCUT2D eigenvalue weighted by molar-refractivity contribution is 7.97. The molecular weight excluding hydrogens is 346 g/mol.